The van der Waals surface area contributed by atoms with Crippen molar-refractivity contribution >= 4 is 46.8 Å². The largest absolute Gasteiger partial charge is 0.507 e. The molecule has 0 spiro atoms. The molecule has 3 N–H and O–H groups in total. The molecule has 16 heteroatoms. The summed E-state index contributed by atoms with van der Waals surface area (Å²) in [5.41, 5.74) is 6.12. The number of amides is 4. The lowest BCUT2D eigenvalue weighted by Gasteiger charge is -2.45. The molecule has 10 rings (SSSR count). The van der Waals surface area contributed by atoms with Crippen LogP contribution in [0.4, 0.5) is 23.1 Å². The van der Waals surface area contributed by atoms with Gasteiger partial charge in [-0.15, -0.1) is 10.2 Å². The summed E-state index contributed by atoms with van der Waals surface area (Å²) in [6, 6.07) is 13.8. The molecule has 16 nitrogen and oxygen atoms in total. The molecule has 6 aliphatic rings. The van der Waals surface area contributed by atoms with E-state index in [-0.39, 0.29) is 30.5 Å². The van der Waals surface area contributed by atoms with Gasteiger partial charge in [-0.2, -0.15) is 0 Å². The second kappa shape index (κ2) is 14.1. The number of imide groups is 2. The third kappa shape index (κ3) is 6.37. The minimum atomic E-state index is -0.971. The second-order valence-electron chi connectivity index (χ2n) is 15.9. The van der Waals surface area contributed by atoms with Crippen LogP contribution in [-0.2, 0) is 22.6 Å². The fourth-order valence-corrected chi connectivity index (χ4v) is 9.34. The monoisotopic (exact) mass is 769 g/mol. The van der Waals surface area contributed by atoms with Gasteiger partial charge in [-0.3, -0.25) is 34.3 Å². The summed E-state index contributed by atoms with van der Waals surface area (Å²) >= 11 is 0. The number of fused-ring (bicyclic) bond motifs is 5. The quantitative estimate of drug-likeness (QED) is 0.244. The highest BCUT2D eigenvalue weighted by atomic mass is 16.3. The lowest BCUT2D eigenvalue weighted by molar-refractivity contribution is -0.136. The topological polar surface area (TPSA) is 180 Å². The number of aromatic hydroxyl groups is 1. The average molecular weight is 770 g/mol. The third-order valence-corrected chi connectivity index (χ3v) is 12.5. The van der Waals surface area contributed by atoms with Crippen molar-refractivity contribution in [3.05, 3.63) is 77.1 Å². The number of aromatic nitrogens is 4. The highest BCUT2D eigenvalue weighted by molar-refractivity contribution is 6.23. The van der Waals surface area contributed by atoms with Crippen molar-refractivity contribution < 1.29 is 24.3 Å². The van der Waals surface area contributed by atoms with E-state index in [1.165, 1.54) is 5.56 Å². The lowest BCUT2D eigenvalue weighted by atomic mass is 9.94. The Hall–Kier alpha value is -6.16. The van der Waals surface area contributed by atoms with Gasteiger partial charge in [0.05, 0.1) is 34.2 Å². The molecule has 57 heavy (non-hydrogen) atoms. The van der Waals surface area contributed by atoms with Crippen molar-refractivity contribution in [3.8, 4) is 17.0 Å². The molecule has 2 atom stereocenters. The molecule has 292 valence electrons. The van der Waals surface area contributed by atoms with Crippen LogP contribution >= 0.6 is 0 Å². The van der Waals surface area contributed by atoms with E-state index < -0.39 is 23.8 Å². The zero-order valence-corrected chi connectivity index (χ0v) is 31.4. The molecule has 4 amide bonds. The molecule has 0 bridgehead atoms. The van der Waals surface area contributed by atoms with E-state index in [0.29, 0.717) is 28.3 Å². The van der Waals surface area contributed by atoms with Crippen molar-refractivity contribution in [1.29, 1.82) is 0 Å². The van der Waals surface area contributed by atoms with Gasteiger partial charge < -0.3 is 25.1 Å². The van der Waals surface area contributed by atoms with E-state index >= 15 is 0 Å². The predicted octanol–water partition coefficient (Wildman–Crippen LogP) is 2.44. The first-order chi connectivity index (χ1) is 27.8. The summed E-state index contributed by atoms with van der Waals surface area (Å²) in [4.78, 5) is 71.1. The van der Waals surface area contributed by atoms with Crippen LogP contribution in [-0.4, -0.2) is 123 Å². The maximum Gasteiger partial charge on any atom is 0.262 e. The van der Waals surface area contributed by atoms with Crippen LogP contribution in [0.5, 0.6) is 5.75 Å². The Labute approximate surface area is 328 Å². The standard InChI is InChI=1S/C41H43N11O5/c53-35-4-2-1-3-29(35)31-18-34-37(47-46-31)42-20-27-22-50(15-16-51(27)34)41-43-19-25-11-12-48(23-32(25)44-41)21-24-9-13-49(14-10-24)26-5-6-28-30(17-26)40(57)52(39(28)56)33-7-8-36(54)45-38(33)55/h1-6,17-19,24,27,33,53H,7-16,20-23H2,(H,42,47)(H,45,54,55)/t27-,33?/m0/s1. The number of nitrogens with one attached hydrogen (secondary N) is 2. The van der Waals surface area contributed by atoms with Gasteiger partial charge in [0.15, 0.2) is 5.82 Å². The fourth-order valence-electron chi connectivity index (χ4n) is 9.34. The number of phenolic OH excluding ortho intramolecular Hbond substituents is 1. The van der Waals surface area contributed by atoms with E-state index in [9.17, 15) is 24.3 Å². The number of nitrogens with zero attached hydrogens (tertiary/aromatic N) is 9. The van der Waals surface area contributed by atoms with Gasteiger partial charge in [0, 0.05) is 82.8 Å². The van der Waals surface area contributed by atoms with Gasteiger partial charge in [-0.05, 0) is 73.6 Å². The van der Waals surface area contributed by atoms with Gasteiger partial charge in [0.25, 0.3) is 11.8 Å². The Kier molecular flexibility index (Phi) is 8.72. The number of rotatable bonds is 6. The summed E-state index contributed by atoms with van der Waals surface area (Å²) < 4.78 is 0. The van der Waals surface area contributed by atoms with Crippen LogP contribution in [0.2, 0.25) is 0 Å². The molecule has 3 fully saturated rings. The number of carbonyl (C=O) groups excluding carboxylic acids is 4. The minimum Gasteiger partial charge on any atom is -0.507 e. The van der Waals surface area contributed by atoms with Crippen molar-refractivity contribution in [2.75, 3.05) is 72.4 Å². The number of hydrogen-bond acceptors (Lipinski definition) is 14. The van der Waals surface area contributed by atoms with E-state index in [2.05, 4.69) is 40.4 Å². The number of piperazine rings is 1. The number of anilines is 4. The molecule has 4 aromatic rings. The zero-order valence-electron chi connectivity index (χ0n) is 31.4. The lowest BCUT2D eigenvalue weighted by Crippen LogP contribution is -2.58. The van der Waals surface area contributed by atoms with Gasteiger partial charge in [0.2, 0.25) is 17.8 Å². The highest BCUT2D eigenvalue weighted by Gasteiger charge is 2.45. The Balaban J connectivity index is 0.751. The normalized spacial score (nSPS) is 22.5. The van der Waals surface area contributed by atoms with Crippen LogP contribution in [0, 0.1) is 5.92 Å². The van der Waals surface area contributed by atoms with E-state index in [1.807, 2.05) is 30.5 Å². The third-order valence-electron chi connectivity index (χ3n) is 12.5. The molecule has 0 saturated carbocycles. The first-order valence-electron chi connectivity index (χ1n) is 19.9. The zero-order chi connectivity index (χ0) is 38.8. The molecule has 0 aliphatic carbocycles. The summed E-state index contributed by atoms with van der Waals surface area (Å²) in [6.45, 7) is 7.51. The van der Waals surface area contributed by atoms with Crippen molar-refractivity contribution in [2.45, 2.75) is 50.7 Å². The number of piperidine rings is 2. The van der Waals surface area contributed by atoms with Crippen LogP contribution in [0.1, 0.15) is 57.7 Å². The minimum absolute atomic E-state index is 0.0947. The van der Waals surface area contributed by atoms with Crippen molar-refractivity contribution in [3.63, 3.8) is 0 Å². The first-order valence-corrected chi connectivity index (χ1v) is 19.9. The molecule has 8 heterocycles. The molecular weight excluding hydrogens is 727 g/mol. The van der Waals surface area contributed by atoms with Gasteiger partial charge >= 0.3 is 0 Å². The Morgan fingerprint density at radius 3 is 2.51 bits per heavy atom. The molecule has 3 saturated heterocycles. The maximum absolute atomic E-state index is 13.4. The van der Waals surface area contributed by atoms with Gasteiger partial charge in [-0.1, -0.05) is 12.1 Å². The molecule has 6 aliphatic heterocycles. The number of hydrogen-bond donors (Lipinski definition) is 3. The SMILES string of the molecule is O=C1CCC(N2C(=O)c3ccc(N4CCC(CN5CCc6cnc(N7CCN8c9cc(-c%10ccccc%10O)nnc9NC[C@H]8C7)nc6C5)CC4)cc3C2=O)C(=O)N1. The van der Waals surface area contributed by atoms with Gasteiger partial charge in [-0.25, -0.2) is 9.97 Å². The van der Waals surface area contributed by atoms with Gasteiger partial charge in [0.1, 0.15) is 11.8 Å². The second-order valence-corrected chi connectivity index (χ2v) is 15.9. The number of phenols is 1. The molecule has 1 unspecified atom stereocenters. The van der Waals surface area contributed by atoms with Crippen molar-refractivity contribution in [2.24, 2.45) is 5.92 Å². The van der Waals surface area contributed by atoms with Crippen LogP contribution in [0.25, 0.3) is 11.3 Å². The molecule has 2 aromatic heterocycles. The molecule has 2 aromatic carbocycles. The van der Waals surface area contributed by atoms with Crippen LogP contribution in [0.15, 0.2) is 54.7 Å². The Morgan fingerprint density at radius 1 is 0.825 bits per heavy atom. The summed E-state index contributed by atoms with van der Waals surface area (Å²) in [7, 11) is 0. The predicted molar refractivity (Wildman–Crippen MR) is 210 cm³/mol. The Morgan fingerprint density at radius 2 is 1.67 bits per heavy atom. The van der Waals surface area contributed by atoms with E-state index in [4.69, 9.17) is 9.97 Å². The van der Waals surface area contributed by atoms with E-state index in [1.54, 1.807) is 24.3 Å². The first kappa shape index (κ1) is 35.3. The van der Waals surface area contributed by atoms with Crippen molar-refractivity contribution in [1.82, 2.24) is 35.3 Å². The Bertz CT molecular complexity index is 2310. The van der Waals surface area contributed by atoms with Crippen LogP contribution < -0.4 is 25.3 Å². The fraction of sp³-hybridized carbons (Fsp3) is 0.415. The maximum atomic E-state index is 13.4. The number of benzene rings is 2. The number of carbonyl (C=O) groups is 4. The van der Waals surface area contributed by atoms with E-state index in [0.717, 1.165) is 112 Å². The molecule has 0 radical (unpaired) electrons. The summed E-state index contributed by atoms with van der Waals surface area (Å²) in [6.07, 6.45) is 5.18. The summed E-state index contributed by atoms with van der Waals surface area (Å²) in [5.74, 6) is 0.278. The molecular formula is C41H43N11O5. The number of para-hydroxylation sites is 1. The smallest absolute Gasteiger partial charge is 0.262 e. The van der Waals surface area contributed by atoms with Crippen LogP contribution in [0.3, 0.4) is 0 Å². The average Bonchev–Trinajstić information content (AvgIpc) is 3.48. The summed E-state index contributed by atoms with van der Waals surface area (Å²) in [5, 5.41) is 25.0. The highest BCUT2D eigenvalue weighted by Crippen LogP contribution is 2.37.